The molecule has 0 fully saturated rings. The second kappa shape index (κ2) is 6.64. The molecule has 7 nitrogen and oxygen atoms in total. The van der Waals surface area contributed by atoms with Gasteiger partial charge in [-0.15, -0.1) is 11.3 Å². The summed E-state index contributed by atoms with van der Waals surface area (Å²) in [5.41, 5.74) is 0. The molecule has 1 atom stereocenters. The maximum Gasteiger partial charge on any atom is 0.321 e. The van der Waals surface area contributed by atoms with Crippen molar-refractivity contribution < 1.29 is 28.2 Å². The van der Waals surface area contributed by atoms with Crippen molar-refractivity contribution in [2.24, 2.45) is 0 Å². The highest BCUT2D eigenvalue weighted by molar-refractivity contribution is 7.91. The molecule has 0 amide bonds. The van der Waals surface area contributed by atoms with Crippen LogP contribution in [0.25, 0.3) is 0 Å². The van der Waals surface area contributed by atoms with Gasteiger partial charge in [-0.1, -0.05) is 6.07 Å². The Balaban J connectivity index is 2.68. The minimum atomic E-state index is -3.87. The molecule has 0 aliphatic carbocycles. The average molecular weight is 307 g/mol. The van der Waals surface area contributed by atoms with Crippen molar-refractivity contribution in [3.63, 3.8) is 0 Å². The summed E-state index contributed by atoms with van der Waals surface area (Å²) in [6.45, 7) is 0. The molecule has 0 aliphatic heterocycles. The second-order valence-electron chi connectivity index (χ2n) is 3.73. The number of rotatable bonds is 8. The molecule has 1 aromatic rings. The van der Waals surface area contributed by atoms with E-state index in [-0.39, 0.29) is 23.5 Å². The maximum atomic E-state index is 11.8. The van der Waals surface area contributed by atoms with Crippen LogP contribution in [0, 0.1) is 0 Å². The van der Waals surface area contributed by atoms with Crippen LogP contribution in [0.15, 0.2) is 21.7 Å². The highest BCUT2D eigenvalue weighted by Crippen LogP contribution is 2.16. The number of carbonyl (C=O) groups is 2. The first kappa shape index (κ1) is 15.6. The largest absolute Gasteiger partial charge is 0.481 e. The molecule has 1 rings (SSSR count). The molecule has 0 radical (unpaired) electrons. The average Bonchev–Trinajstić information content (AvgIpc) is 2.80. The highest BCUT2D eigenvalue weighted by atomic mass is 32.2. The number of carboxylic acids is 2. The van der Waals surface area contributed by atoms with E-state index < -0.39 is 28.0 Å². The van der Waals surface area contributed by atoms with Gasteiger partial charge >= 0.3 is 11.9 Å². The Labute approximate surface area is 113 Å². The highest BCUT2D eigenvalue weighted by Gasteiger charge is 2.25. The van der Waals surface area contributed by atoms with Crippen LogP contribution in [0.1, 0.15) is 19.3 Å². The van der Waals surface area contributed by atoms with Gasteiger partial charge in [-0.25, -0.2) is 8.42 Å². The molecule has 0 spiro atoms. The fourth-order valence-electron chi connectivity index (χ4n) is 1.35. The minimum absolute atomic E-state index is 0.0250. The number of hydrogen-bond donors (Lipinski definition) is 3. The quantitative estimate of drug-likeness (QED) is 0.651. The van der Waals surface area contributed by atoms with Crippen LogP contribution in [-0.2, 0) is 19.6 Å². The lowest BCUT2D eigenvalue weighted by Gasteiger charge is -2.13. The van der Waals surface area contributed by atoms with Gasteiger partial charge in [0.25, 0.3) is 10.0 Å². The first-order chi connectivity index (χ1) is 8.83. The standard InChI is InChI=1S/C10H13NO6S2/c12-8(13)4-1-3-7(10(14)15)11-19(16,17)9-5-2-6-18-9/h2,5-7,11H,1,3-4H2,(H,12,13)(H,14,15)/t7-/m1/s1. The molecule has 106 valence electrons. The molecule has 3 N–H and O–H groups in total. The molecule has 19 heavy (non-hydrogen) atoms. The number of carboxylic acid groups (broad SMARTS) is 2. The molecule has 0 unspecified atom stereocenters. The monoisotopic (exact) mass is 307 g/mol. The SMILES string of the molecule is O=C(O)CCC[C@@H](NS(=O)(=O)c1cccs1)C(=O)O. The van der Waals surface area contributed by atoms with E-state index in [0.717, 1.165) is 11.3 Å². The van der Waals surface area contributed by atoms with Crippen molar-refractivity contribution in [2.75, 3.05) is 0 Å². The normalized spacial score (nSPS) is 13.1. The van der Waals surface area contributed by atoms with Gasteiger partial charge in [0.1, 0.15) is 10.3 Å². The number of sulfonamides is 1. The summed E-state index contributed by atoms with van der Waals surface area (Å²) in [5, 5.41) is 19.0. The van der Waals surface area contributed by atoms with Crippen LogP contribution in [0.4, 0.5) is 0 Å². The Hall–Kier alpha value is -1.45. The maximum absolute atomic E-state index is 11.8. The molecule has 9 heteroatoms. The Morgan fingerprint density at radius 3 is 2.53 bits per heavy atom. The Kier molecular flexibility index (Phi) is 5.45. The van der Waals surface area contributed by atoms with Crippen LogP contribution >= 0.6 is 11.3 Å². The molecule has 0 bridgehead atoms. The first-order valence-electron chi connectivity index (χ1n) is 5.33. The lowest BCUT2D eigenvalue weighted by molar-refractivity contribution is -0.140. The molecule has 0 aromatic carbocycles. The van der Waals surface area contributed by atoms with Crippen LogP contribution in [0.5, 0.6) is 0 Å². The summed E-state index contributed by atoms with van der Waals surface area (Å²) in [5.74, 6) is -2.38. The van der Waals surface area contributed by atoms with Crippen LogP contribution in [0.2, 0.25) is 0 Å². The predicted octanol–water partition coefficient (Wildman–Crippen LogP) is 0.735. The van der Waals surface area contributed by atoms with Crippen molar-refractivity contribution >= 4 is 33.3 Å². The van der Waals surface area contributed by atoms with Crippen molar-refractivity contribution in [3.8, 4) is 0 Å². The van der Waals surface area contributed by atoms with Crippen molar-refractivity contribution in [1.82, 2.24) is 4.72 Å². The van der Waals surface area contributed by atoms with Crippen molar-refractivity contribution in [1.29, 1.82) is 0 Å². The molecule has 0 saturated heterocycles. The van der Waals surface area contributed by atoms with Crippen LogP contribution in [0.3, 0.4) is 0 Å². The van der Waals surface area contributed by atoms with E-state index in [0.29, 0.717) is 0 Å². The zero-order chi connectivity index (χ0) is 14.5. The number of nitrogens with one attached hydrogen (secondary N) is 1. The number of aliphatic carboxylic acids is 2. The number of hydrogen-bond acceptors (Lipinski definition) is 5. The predicted molar refractivity (Wildman–Crippen MR) is 67.6 cm³/mol. The molecular formula is C10H13NO6S2. The van der Waals surface area contributed by atoms with E-state index in [1.165, 1.54) is 6.07 Å². The summed E-state index contributed by atoms with van der Waals surface area (Å²) >= 11 is 0.975. The molecule has 0 aliphatic rings. The van der Waals surface area contributed by atoms with Gasteiger partial charge in [-0.3, -0.25) is 9.59 Å². The van der Waals surface area contributed by atoms with Gasteiger partial charge in [-0.2, -0.15) is 4.72 Å². The Bertz CT molecular complexity index is 536. The summed E-state index contributed by atoms with van der Waals surface area (Å²) in [6.07, 6.45) is -0.198. The van der Waals surface area contributed by atoms with E-state index in [2.05, 4.69) is 4.72 Å². The molecule has 0 saturated carbocycles. The van der Waals surface area contributed by atoms with E-state index in [4.69, 9.17) is 10.2 Å². The lowest BCUT2D eigenvalue weighted by Crippen LogP contribution is -2.40. The van der Waals surface area contributed by atoms with Gasteiger partial charge in [0.15, 0.2) is 0 Å². The summed E-state index contributed by atoms with van der Waals surface area (Å²) in [7, 11) is -3.87. The van der Waals surface area contributed by atoms with Crippen LogP contribution < -0.4 is 4.72 Å². The molecule has 1 heterocycles. The summed E-state index contributed by atoms with van der Waals surface area (Å²) in [6, 6.07) is 1.58. The van der Waals surface area contributed by atoms with Crippen molar-refractivity contribution in [3.05, 3.63) is 17.5 Å². The van der Waals surface area contributed by atoms with Gasteiger partial charge in [0, 0.05) is 6.42 Å². The fraction of sp³-hybridized carbons (Fsp3) is 0.400. The zero-order valence-electron chi connectivity index (χ0n) is 9.77. The van der Waals surface area contributed by atoms with Gasteiger partial charge < -0.3 is 10.2 Å². The van der Waals surface area contributed by atoms with Crippen LogP contribution in [-0.4, -0.2) is 36.6 Å². The van der Waals surface area contributed by atoms with E-state index in [1.807, 2.05) is 0 Å². The Morgan fingerprint density at radius 2 is 2.05 bits per heavy atom. The van der Waals surface area contributed by atoms with E-state index >= 15 is 0 Å². The first-order valence-corrected chi connectivity index (χ1v) is 7.69. The molecular weight excluding hydrogens is 294 g/mol. The van der Waals surface area contributed by atoms with E-state index in [1.54, 1.807) is 11.4 Å². The molecule has 1 aromatic heterocycles. The zero-order valence-corrected chi connectivity index (χ0v) is 11.4. The second-order valence-corrected chi connectivity index (χ2v) is 6.62. The minimum Gasteiger partial charge on any atom is -0.481 e. The summed E-state index contributed by atoms with van der Waals surface area (Å²) in [4.78, 5) is 21.3. The topological polar surface area (TPSA) is 121 Å². The lowest BCUT2D eigenvalue weighted by atomic mass is 10.1. The Morgan fingerprint density at radius 1 is 1.37 bits per heavy atom. The van der Waals surface area contributed by atoms with Gasteiger partial charge in [-0.05, 0) is 24.3 Å². The van der Waals surface area contributed by atoms with Crippen molar-refractivity contribution in [2.45, 2.75) is 29.5 Å². The van der Waals surface area contributed by atoms with E-state index in [9.17, 15) is 18.0 Å². The number of thiophene rings is 1. The third-order valence-electron chi connectivity index (χ3n) is 2.24. The van der Waals surface area contributed by atoms with Gasteiger partial charge in [0.2, 0.25) is 0 Å². The summed E-state index contributed by atoms with van der Waals surface area (Å²) < 4.78 is 25.7. The smallest absolute Gasteiger partial charge is 0.321 e. The van der Waals surface area contributed by atoms with Gasteiger partial charge in [0.05, 0.1) is 0 Å². The third-order valence-corrected chi connectivity index (χ3v) is 5.11. The fourth-order valence-corrected chi connectivity index (χ4v) is 3.59. The third kappa shape index (κ3) is 4.97.